The van der Waals surface area contributed by atoms with E-state index in [0.717, 1.165) is 11.1 Å². The van der Waals surface area contributed by atoms with Gasteiger partial charge in [-0.1, -0.05) is 60.7 Å². The highest BCUT2D eigenvalue weighted by Crippen LogP contribution is 2.14. The molecule has 206 valence electrons. The minimum absolute atomic E-state index is 0.0542. The van der Waals surface area contributed by atoms with Crippen LogP contribution >= 0.6 is 0 Å². The van der Waals surface area contributed by atoms with Gasteiger partial charge in [-0.05, 0) is 31.4 Å². The van der Waals surface area contributed by atoms with E-state index in [2.05, 4.69) is 5.10 Å². The van der Waals surface area contributed by atoms with Crippen molar-refractivity contribution in [2.75, 3.05) is 45.9 Å². The van der Waals surface area contributed by atoms with E-state index in [1.54, 1.807) is 20.7 Å². The zero-order valence-electron chi connectivity index (χ0n) is 22.7. The first-order chi connectivity index (χ1) is 19.0. The molecule has 9 nitrogen and oxygen atoms in total. The molecule has 1 aliphatic rings. The minimum atomic E-state index is -0.491. The summed E-state index contributed by atoms with van der Waals surface area (Å²) in [6, 6.07) is 19.8. The van der Waals surface area contributed by atoms with Crippen LogP contribution in [0.15, 0.2) is 73.1 Å². The molecule has 0 bridgehead atoms. The van der Waals surface area contributed by atoms with E-state index in [1.165, 1.54) is 11.1 Å². The van der Waals surface area contributed by atoms with E-state index >= 15 is 0 Å². The van der Waals surface area contributed by atoms with Crippen molar-refractivity contribution in [2.45, 2.75) is 32.9 Å². The highest BCUT2D eigenvalue weighted by molar-refractivity contribution is 5.96. The molecule has 0 aliphatic carbocycles. The number of rotatable bonds is 11. The lowest BCUT2D eigenvalue weighted by Gasteiger charge is -2.26. The van der Waals surface area contributed by atoms with Crippen molar-refractivity contribution in [3.05, 3.63) is 89.7 Å². The Labute approximate surface area is 229 Å². The molecule has 9 heteroatoms. The molecule has 0 radical (unpaired) electrons. The monoisotopic (exact) mass is 531 g/mol. The van der Waals surface area contributed by atoms with Crippen molar-refractivity contribution in [1.29, 1.82) is 0 Å². The van der Waals surface area contributed by atoms with Crippen LogP contribution in [0, 0.1) is 0 Å². The van der Waals surface area contributed by atoms with E-state index in [9.17, 15) is 14.4 Å². The number of hydrogen-bond donors (Lipinski definition) is 0. The Morgan fingerprint density at radius 3 is 2.31 bits per heavy atom. The number of hydrogen-bond acceptors (Lipinski definition) is 5. The van der Waals surface area contributed by atoms with Gasteiger partial charge in [-0.2, -0.15) is 5.10 Å². The summed E-state index contributed by atoms with van der Waals surface area (Å²) in [6.45, 7) is 6.47. The third kappa shape index (κ3) is 7.77. The van der Waals surface area contributed by atoms with E-state index in [0.29, 0.717) is 44.7 Å². The summed E-state index contributed by atoms with van der Waals surface area (Å²) < 4.78 is 7.75. The number of carbonyl (C=O) groups excluding carboxylic acids is 3. The van der Waals surface area contributed by atoms with E-state index in [4.69, 9.17) is 4.74 Å². The highest BCUT2D eigenvalue weighted by Gasteiger charge is 2.32. The molecular formula is C30H37N5O4. The fourth-order valence-electron chi connectivity index (χ4n) is 4.73. The minimum Gasteiger partial charge on any atom is -0.365 e. The first-order valence-corrected chi connectivity index (χ1v) is 13.5. The molecule has 1 saturated heterocycles. The van der Waals surface area contributed by atoms with Gasteiger partial charge in [-0.15, -0.1) is 0 Å². The van der Waals surface area contributed by atoms with Crippen LogP contribution in [0.1, 0.15) is 35.3 Å². The second-order valence-electron chi connectivity index (χ2n) is 9.67. The van der Waals surface area contributed by atoms with Gasteiger partial charge in [0.2, 0.25) is 11.8 Å². The van der Waals surface area contributed by atoms with Crippen LogP contribution in [0.2, 0.25) is 0 Å². The first-order valence-electron chi connectivity index (χ1n) is 13.5. The predicted molar refractivity (Wildman–Crippen MR) is 148 cm³/mol. The first kappa shape index (κ1) is 28.0. The van der Waals surface area contributed by atoms with Crippen molar-refractivity contribution >= 4 is 17.7 Å². The zero-order chi connectivity index (χ0) is 27.6. The smallest absolute Gasteiger partial charge is 0.257 e. The molecule has 39 heavy (non-hydrogen) atoms. The Morgan fingerprint density at radius 2 is 1.64 bits per heavy atom. The van der Waals surface area contributed by atoms with Crippen LogP contribution in [0.4, 0.5) is 0 Å². The summed E-state index contributed by atoms with van der Waals surface area (Å²) in [6.07, 6.45) is 3.44. The largest absolute Gasteiger partial charge is 0.365 e. The Hall–Kier alpha value is -3.98. The fraction of sp³-hybridized carbons (Fsp3) is 0.400. The van der Waals surface area contributed by atoms with Gasteiger partial charge in [0, 0.05) is 38.9 Å². The molecule has 1 atom stereocenters. The van der Waals surface area contributed by atoms with Gasteiger partial charge in [0.05, 0.1) is 24.4 Å². The highest BCUT2D eigenvalue weighted by atomic mass is 16.5. The summed E-state index contributed by atoms with van der Waals surface area (Å²) in [5.41, 5.74) is 2.61. The Bertz CT molecular complexity index is 1230. The zero-order valence-corrected chi connectivity index (χ0v) is 22.7. The molecule has 3 amide bonds. The van der Waals surface area contributed by atoms with Crippen LogP contribution in [-0.4, -0.2) is 94.2 Å². The van der Waals surface area contributed by atoms with E-state index < -0.39 is 6.10 Å². The maximum atomic E-state index is 13.5. The predicted octanol–water partition coefficient (Wildman–Crippen LogP) is 2.71. The van der Waals surface area contributed by atoms with Crippen molar-refractivity contribution in [3.8, 4) is 0 Å². The quantitative estimate of drug-likeness (QED) is 0.380. The third-order valence-electron chi connectivity index (χ3n) is 6.95. The van der Waals surface area contributed by atoms with Gasteiger partial charge in [0.15, 0.2) is 0 Å². The van der Waals surface area contributed by atoms with Gasteiger partial charge in [-0.3, -0.25) is 19.1 Å². The van der Waals surface area contributed by atoms with E-state index in [-0.39, 0.29) is 37.4 Å². The van der Waals surface area contributed by atoms with Gasteiger partial charge in [0.1, 0.15) is 13.2 Å². The summed E-state index contributed by atoms with van der Waals surface area (Å²) in [5.74, 6) is -0.528. The van der Waals surface area contributed by atoms with Crippen LogP contribution in [-0.2, 0) is 27.3 Å². The Morgan fingerprint density at radius 1 is 0.974 bits per heavy atom. The summed E-state index contributed by atoms with van der Waals surface area (Å²) >= 11 is 0. The number of carbonyl (C=O) groups is 3. The molecule has 0 unspecified atom stereocenters. The molecule has 3 aromatic rings. The molecule has 0 N–H and O–H groups in total. The van der Waals surface area contributed by atoms with Crippen LogP contribution in [0.5, 0.6) is 0 Å². The second kappa shape index (κ2) is 13.7. The van der Waals surface area contributed by atoms with Crippen LogP contribution < -0.4 is 0 Å². The SMILES string of the molecule is CCN(CC)C(=O)CO[C@H]1CN(CCc2ccccc2)C(=O)CN(C(=O)c2cnn(Cc3ccccc3)c2)C1. The van der Waals surface area contributed by atoms with Gasteiger partial charge in [-0.25, -0.2) is 0 Å². The average molecular weight is 532 g/mol. The lowest BCUT2D eigenvalue weighted by Crippen LogP contribution is -2.41. The van der Waals surface area contributed by atoms with Crippen molar-refractivity contribution in [3.63, 3.8) is 0 Å². The summed E-state index contributed by atoms with van der Waals surface area (Å²) in [5, 5.41) is 4.36. The van der Waals surface area contributed by atoms with Crippen molar-refractivity contribution < 1.29 is 19.1 Å². The third-order valence-corrected chi connectivity index (χ3v) is 6.95. The lowest BCUT2D eigenvalue weighted by atomic mass is 10.1. The second-order valence-corrected chi connectivity index (χ2v) is 9.67. The fourth-order valence-corrected chi connectivity index (χ4v) is 4.73. The standard InChI is InChI=1S/C30H37N5O4/c1-3-32(4-2)29(37)23-39-27-20-33(16-15-24-11-7-5-8-12-24)28(36)22-34(21-27)30(38)26-17-31-35(19-26)18-25-13-9-6-10-14-25/h5-14,17,19,27H,3-4,15-16,18,20-23H2,1-2H3/t27-/m0/s1. The molecule has 0 saturated carbocycles. The molecular weight excluding hydrogens is 494 g/mol. The molecule has 4 rings (SSSR count). The summed E-state index contributed by atoms with van der Waals surface area (Å²) in [4.78, 5) is 44.4. The number of nitrogens with zero attached hydrogens (tertiary/aromatic N) is 5. The molecule has 1 fully saturated rings. The van der Waals surface area contributed by atoms with Crippen molar-refractivity contribution in [1.82, 2.24) is 24.5 Å². The number of aromatic nitrogens is 2. The summed E-state index contributed by atoms with van der Waals surface area (Å²) in [7, 11) is 0. The molecule has 1 aromatic heterocycles. The maximum Gasteiger partial charge on any atom is 0.257 e. The normalized spacial score (nSPS) is 15.7. The van der Waals surface area contributed by atoms with Crippen LogP contribution in [0.25, 0.3) is 0 Å². The number of ether oxygens (including phenoxy) is 1. The van der Waals surface area contributed by atoms with Crippen LogP contribution in [0.3, 0.4) is 0 Å². The van der Waals surface area contributed by atoms with Gasteiger partial charge >= 0.3 is 0 Å². The number of likely N-dealkylation sites (N-methyl/N-ethyl adjacent to an activating group) is 1. The average Bonchev–Trinajstić information content (AvgIpc) is 3.36. The number of benzene rings is 2. The Kier molecular flexibility index (Phi) is 9.85. The van der Waals surface area contributed by atoms with Crippen molar-refractivity contribution in [2.24, 2.45) is 0 Å². The molecule has 1 aliphatic heterocycles. The maximum absolute atomic E-state index is 13.5. The lowest BCUT2D eigenvalue weighted by molar-refractivity contribution is -0.138. The molecule has 0 spiro atoms. The van der Waals surface area contributed by atoms with Gasteiger partial charge < -0.3 is 19.4 Å². The van der Waals surface area contributed by atoms with E-state index in [1.807, 2.05) is 74.5 Å². The molecule has 2 heterocycles. The number of amides is 3. The van der Waals surface area contributed by atoms with Gasteiger partial charge in [0.25, 0.3) is 5.91 Å². The molecule has 2 aromatic carbocycles. The Balaban J connectivity index is 1.47. The topological polar surface area (TPSA) is 88.0 Å².